The van der Waals surface area contributed by atoms with Crippen molar-refractivity contribution in [2.75, 3.05) is 13.2 Å². The Hall–Kier alpha value is -4.74. The van der Waals surface area contributed by atoms with Gasteiger partial charge in [0.25, 0.3) is 5.69 Å². The van der Waals surface area contributed by atoms with E-state index in [1.807, 2.05) is 0 Å². The number of ether oxygens (including phenoxy) is 5. The summed E-state index contributed by atoms with van der Waals surface area (Å²) in [5.74, 6) is -0.832. The van der Waals surface area contributed by atoms with Gasteiger partial charge in [0.15, 0.2) is 6.10 Å². The molecule has 12 heteroatoms. The molecule has 0 aliphatic heterocycles. The average molecular weight is 966 g/mol. The first-order valence-corrected chi connectivity index (χ1v) is 26.8. The minimum Gasteiger partial charge on any atom is -0.462 e. The van der Waals surface area contributed by atoms with Crippen molar-refractivity contribution < 1.29 is 47.8 Å². The Bertz CT molecular complexity index is 1540. The number of unbranched alkanes of at least 4 members (excludes halogenated alkanes) is 17. The molecule has 0 fully saturated rings. The van der Waals surface area contributed by atoms with Gasteiger partial charge >= 0.3 is 24.1 Å². The van der Waals surface area contributed by atoms with E-state index in [0.29, 0.717) is 25.2 Å². The van der Waals surface area contributed by atoms with Crippen LogP contribution in [0, 0.1) is 16.0 Å². The smallest absolute Gasteiger partial charge is 0.462 e. The van der Waals surface area contributed by atoms with Crippen molar-refractivity contribution in [3.8, 4) is 5.75 Å². The van der Waals surface area contributed by atoms with Gasteiger partial charge in [0.2, 0.25) is 0 Å². The molecule has 69 heavy (non-hydrogen) atoms. The fourth-order valence-electron chi connectivity index (χ4n) is 7.40. The highest BCUT2D eigenvalue weighted by Gasteiger charge is 2.23. The fraction of sp³-hybridized carbons (Fsp3) is 0.684. The van der Waals surface area contributed by atoms with E-state index in [0.717, 1.165) is 109 Å². The van der Waals surface area contributed by atoms with Gasteiger partial charge < -0.3 is 23.7 Å². The molecule has 0 saturated heterocycles. The van der Waals surface area contributed by atoms with Crippen molar-refractivity contribution in [2.24, 2.45) is 5.92 Å². The van der Waals surface area contributed by atoms with E-state index < -0.39 is 41.2 Å². The van der Waals surface area contributed by atoms with Crippen LogP contribution in [0.3, 0.4) is 0 Å². The van der Waals surface area contributed by atoms with Crippen molar-refractivity contribution in [1.29, 1.82) is 0 Å². The lowest BCUT2D eigenvalue weighted by atomic mass is 10.0. The molecule has 1 atom stereocenters. The number of non-ortho nitro benzene ring substituents is 1. The number of benzene rings is 1. The number of hydrogen-bond donors (Lipinski definition) is 0. The first-order chi connectivity index (χ1) is 33.5. The molecule has 12 nitrogen and oxygen atoms in total. The molecule has 0 saturated carbocycles. The van der Waals surface area contributed by atoms with Crippen LogP contribution < -0.4 is 4.74 Å². The van der Waals surface area contributed by atoms with Gasteiger partial charge in [0.05, 0.1) is 4.92 Å². The third-order valence-corrected chi connectivity index (χ3v) is 11.6. The molecule has 1 aromatic carbocycles. The number of allylic oxidation sites excluding steroid dienone is 8. The van der Waals surface area contributed by atoms with E-state index in [1.165, 1.54) is 62.8 Å². The van der Waals surface area contributed by atoms with Gasteiger partial charge in [0.1, 0.15) is 25.1 Å². The molecule has 0 bridgehead atoms. The molecule has 0 heterocycles. The lowest BCUT2D eigenvalue weighted by Crippen LogP contribution is -2.31. The van der Waals surface area contributed by atoms with Crippen LogP contribution in [0.5, 0.6) is 5.75 Å². The largest absolute Gasteiger partial charge is 0.514 e. The van der Waals surface area contributed by atoms with E-state index in [4.69, 9.17) is 23.7 Å². The second-order valence-corrected chi connectivity index (χ2v) is 18.5. The molecule has 1 rings (SSSR count). The molecule has 0 aliphatic rings. The third kappa shape index (κ3) is 39.8. The van der Waals surface area contributed by atoms with Crippen LogP contribution in [0.2, 0.25) is 0 Å². The number of nitrogens with zero attached hydrogens (tertiary/aromatic N) is 1. The first-order valence-electron chi connectivity index (χ1n) is 26.8. The number of carbonyl (C=O) groups is 4. The number of esters is 3. The van der Waals surface area contributed by atoms with Crippen LogP contribution >= 0.6 is 0 Å². The summed E-state index contributed by atoms with van der Waals surface area (Å²) in [6.45, 7) is 8.20. The SMILES string of the molecule is CCCCC/C=C\C/C=C\CCCCCCCC(=O)OCC(COC(=O)CCCCCCC/C=C\C/C=C\CCCCC)OC(=O)CCC(CCCCC(C)C)OC(=O)Oc1ccc([N+](=O)[O-])cc1. The van der Waals surface area contributed by atoms with Gasteiger partial charge in [-0.25, -0.2) is 4.79 Å². The van der Waals surface area contributed by atoms with Crippen LogP contribution in [-0.4, -0.2) is 54.4 Å². The van der Waals surface area contributed by atoms with Crippen molar-refractivity contribution in [3.05, 3.63) is 83.0 Å². The van der Waals surface area contributed by atoms with Crippen molar-refractivity contribution in [2.45, 2.75) is 233 Å². The zero-order chi connectivity index (χ0) is 50.4. The summed E-state index contributed by atoms with van der Waals surface area (Å²) in [7, 11) is 0. The molecule has 1 aromatic rings. The zero-order valence-electron chi connectivity index (χ0n) is 43.2. The molecule has 0 N–H and O–H groups in total. The maximum absolute atomic E-state index is 13.2. The highest BCUT2D eigenvalue weighted by atomic mass is 16.7. The lowest BCUT2D eigenvalue weighted by molar-refractivity contribution is -0.384. The maximum Gasteiger partial charge on any atom is 0.514 e. The highest BCUT2D eigenvalue weighted by molar-refractivity contribution is 5.71. The summed E-state index contributed by atoms with van der Waals surface area (Å²) in [5, 5.41) is 11.0. The normalized spacial score (nSPS) is 12.2. The van der Waals surface area contributed by atoms with Gasteiger partial charge in [-0.1, -0.05) is 153 Å². The van der Waals surface area contributed by atoms with E-state index in [9.17, 15) is 29.3 Å². The highest BCUT2D eigenvalue weighted by Crippen LogP contribution is 2.21. The Morgan fingerprint density at radius 2 is 0.957 bits per heavy atom. The summed E-state index contributed by atoms with van der Waals surface area (Å²) >= 11 is 0. The third-order valence-electron chi connectivity index (χ3n) is 11.6. The molecule has 0 spiro atoms. The van der Waals surface area contributed by atoms with E-state index >= 15 is 0 Å². The van der Waals surface area contributed by atoms with Gasteiger partial charge in [0, 0.05) is 31.4 Å². The van der Waals surface area contributed by atoms with Gasteiger partial charge in [-0.2, -0.15) is 0 Å². The molecule has 390 valence electrons. The fourth-order valence-corrected chi connectivity index (χ4v) is 7.40. The second kappa shape index (κ2) is 44.5. The Labute approximate surface area is 416 Å². The number of nitro benzene ring substituents is 1. The number of nitro groups is 1. The first kappa shape index (κ1) is 62.3. The maximum atomic E-state index is 13.2. The molecular formula is C57H91NO11. The average Bonchev–Trinajstić information content (AvgIpc) is 3.32. The Morgan fingerprint density at radius 3 is 1.42 bits per heavy atom. The Morgan fingerprint density at radius 1 is 0.507 bits per heavy atom. The summed E-state index contributed by atoms with van der Waals surface area (Å²) in [6, 6.07) is 5.06. The monoisotopic (exact) mass is 966 g/mol. The minimum absolute atomic E-state index is 0.0846. The van der Waals surface area contributed by atoms with Crippen LogP contribution in [-0.2, 0) is 33.3 Å². The van der Waals surface area contributed by atoms with Crippen molar-refractivity contribution >= 4 is 29.8 Å². The topological polar surface area (TPSA) is 158 Å². The lowest BCUT2D eigenvalue weighted by Gasteiger charge is -2.20. The molecule has 0 aliphatic carbocycles. The quantitative estimate of drug-likeness (QED) is 0.0117. The predicted molar refractivity (Wildman–Crippen MR) is 277 cm³/mol. The van der Waals surface area contributed by atoms with E-state index in [-0.39, 0.29) is 50.3 Å². The summed E-state index contributed by atoms with van der Waals surface area (Å²) in [5.41, 5.74) is -0.144. The molecule has 0 aromatic heterocycles. The predicted octanol–water partition coefficient (Wildman–Crippen LogP) is 16.1. The van der Waals surface area contributed by atoms with Gasteiger partial charge in [-0.05, 0) is 114 Å². The standard InChI is InChI=1S/C57H91NO11/c1-5-7-9-11-13-15-17-19-21-23-25-27-29-31-33-39-54(59)65-47-53(48-66-55(60)40-34-32-30-28-26-24-22-20-18-16-14-12-10-8-6-2)67-56(61)46-45-51(38-36-35-37-49(3)4)68-57(62)69-52-43-41-50(42-44-52)58(63)64/h13-16,19-22,41-44,49,51,53H,5-12,17-18,23-40,45-48H2,1-4H3/b15-13-,16-14-,21-19-,22-20-. The van der Waals surface area contributed by atoms with Crippen LogP contribution in [0.15, 0.2) is 72.9 Å². The molecular weight excluding hydrogens is 875 g/mol. The van der Waals surface area contributed by atoms with E-state index in [2.05, 4.69) is 76.3 Å². The number of hydrogen-bond acceptors (Lipinski definition) is 11. The Balaban J connectivity index is 2.65. The summed E-state index contributed by atoms with van der Waals surface area (Å²) < 4.78 is 27.7. The van der Waals surface area contributed by atoms with Crippen LogP contribution in [0.25, 0.3) is 0 Å². The van der Waals surface area contributed by atoms with Crippen molar-refractivity contribution in [3.63, 3.8) is 0 Å². The molecule has 0 amide bonds. The number of carbonyl (C=O) groups excluding carboxylic acids is 4. The number of rotatable bonds is 44. The second-order valence-electron chi connectivity index (χ2n) is 18.5. The van der Waals surface area contributed by atoms with Crippen LogP contribution in [0.4, 0.5) is 10.5 Å². The summed E-state index contributed by atoms with van der Waals surface area (Å²) in [4.78, 5) is 62.0. The van der Waals surface area contributed by atoms with Gasteiger partial charge in [-0.3, -0.25) is 24.5 Å². The molecule has 1 unspecified atom stereocenters. The summed E-state index contributed by atoms with van der Waals surface area (Å²) in [6.07, 6.45) is 42.6. The Kier molecular flexibility index (Phi) is 40.1. The van der Waals surface area contributed by atoms with Crippen LogP contribution in [0.1, 0.15) is 220 Å². The minimum atomic E-state index is -1.00. The van der Waals surface area contributed by atoms with Crippen molar-refractivity contribution in [1.82, 2.24) is 0 Å². The molecule has 0 radical (unpaired) electrons. The van der Waals surface area contributed by atoms with E-state index in [1.54, 1.807) is 0 Å². The van der Waals surface area contributed by atoms with Gasteiger partial charge in [-0.15, -0.1) is 0 Å². The zero-order valence-corrected chi connectivity index (χ0v) is 43.2.